The SMILES string of the molecule is C[C@@](O)(CC(=O)O)CC(=O)OC[C@H]1O[C@@H](Oc2cc3c(cc2O)[NH+](C/C=C2/C=C(C(=O)O)N[C@H](C(=O)O)C2)[C@H](C(=O)[O-])C3)[C@H](O[C@@H]2O[C@H](C(=O)O)[C@@H](O)[C@H](O)[C@H]2O)[C@@H](O)[C@@H]1O. The number of phenols is 1. The van der Waals surface area contributed by atoms with Gasteiger partial charge in [0.05, 0.1) is 18.4 Å². The van der Waals surface area contributed by atoms with Crippen molar-refractivity contribution < 1.29 is 119 Å². The molecule has 4 heterocycles. The number of aliphatic hydroxyl groups excluding tert-OH is 5. The van der Waals surface area contributed by atoms with Crippen LogP contribution in [0.4, 0.5) is 5.69 Å². The van der Waals surface area contributed by atoms with Gasteiger partial charge in [0.1, 0.15) is 79.2 Å². The van der Waals surface area contributed by atoms with Crippen LogP contribution in [0.15, 0.2) is 35.6 Å². The number of nitrogens with one attached hydrogen (secondary N) is 2. The number of allylic oxidation sites excluding steroid dienone is 1. The molecule has 14 atom stereocenters. The first kappa shape index (κ1) is 46.6. The van der Waals surface area contributed by atoms with E-state index in [1.807, 2.05) is 0 Å². The first-order valence-electron chi connectivity index (χ1n) is 18.4. The Labute approximate surface area is 342 Å². The fourth-order valence-corrected chi connectivity index (χ4v) is 7.25. The predicted molar refractivity (Wildman–Crippen MR) is 188 cm³/mol. The van der Waals surface area contributed by atoms with Crippen molar-refractivity contribution in [2.45, 2.75) is 112 Å². The lowest BCUT2D eigenvalue weighted by molar-refractivity contribution is -0.840. The predicted octanol–water partition coefficient (Wildman–Crippen LogP) is -6.81. The zero-order chi connectivity index (χ0) is 45.2. The van der Waals surface area contributed by atoms with E-state index in [9.17, 15) is 84.9 Å². The lowest BCUT2D eigenvalue weighted by Gasteiger charge is -2.45. The number of esters is 1. The minimum absolute atomic E-state index is 0.156. The molecule has 2 fully saturated rings. The van der Waals surface area contributed by atoms with Crippen LogP contribution in [0.1, 0.15) is 31.7 Å². The van der Waals surface area contributed by atoms with E-state index in [1.165, 1.54) is 12.2 Å². The van der Waals surface area contributed by atoms with Gasteiger partial charge in [0, 0.05) is 24.5 Å². The van der Waals surface area contributed by atoms with Gasteiger partial charge in [-0.25, -0.2) is 14.4 Å². The Bertz CT molecular complexity index is 1950. The average molecular weight is 873 g/mol. The molecule has 336 valence electrons. The molecule has 25 heteroatoms. The standard InChI is InChI=1S/C36H44N2O23/c1-36(56,9-21(40)41)10-22(42)57-11-20-23(43)25(45)29(61-34-27(47)24(44)26(46)28(60-34)33(54)55)35(59-20)58-19-7-13-6-17(32(52)53)38(16(13)8-18(19)39)3-2-12-4-14(30(48)49)37-15(5-12)31(50)51/h2,4,7-8,15,17,20,23-29,34-35,37,39,43-47,56H,3,5-6,9-11H2,1H3,(H,40,41)(H,48,49)(H,50,51)(H,52,53)(H,54,55)/b12-2-/t15-,17-,20+,23+,24-,25-,26-,27+,28-,29+,34-,35+,36+/m0/s1. The molecule has 1 aromatic rings. The van der Waals surface area contributed by atoms with E-state index >= 15 is 0 Å². The second-order valence-corrected chi connectivity index (χ2v) is 15.1. The molecule has 61 heavy (non-hydrogen) atoms. The number of aromatic hydroxyl groups is 1. The number of carboxylic acids is 5. The van der Waals surface area contributed by atoms with Gasteiger partial charge in [-0.2, -0.15) is 0 Å². The molecule has 0 radical (unpaired) electrons. The monoisotopic (exact) mass is 872 g/mol. The van der Waals surface area contributed by atoms with Gasteiger partial charge in [-0.15, -0.1) is 0 Å². The fraction of sp³-hybridized carbons (Fsp3) is 0.556. The first-order valence-corrected chi connectivity index (χ1v) is 18.4. The number of phenolic OH excluding ortho intramolecular Hbond substituents is 1. The van der Waals surface area contributed by atoms with E-state index < -0.39 is 152 Å². The van der Waals surface area contributed by atoms with Gasteiger partial charge in [0.15, 0.2) is 30.0 Å². The molecule has 13 N–H and O–H groups in total. The quantitative estimate of drug-likeness (QED) is 0.0687. The minimum atomic E-state index is -2.18. The van der Waals surface area contributed by atoms with E-state index in [4.69, 9.17) is 28.8 Å². The fourth-order valence-electron chi connectivity index (χ4n) is 7.25. The molecular weight excluding hydrogens is 828 g/mol. The Morgan fingerprint density at radius 3 is 2.20 bits per heavy atom. The van der Waals surface area contributed by atoms with E-state index in [1.54, 1.807) is 0 Å². The Kier molecular flexibility index (Phi) is 14.2. The second kappa shape index (κ2) is 18.6. The van der Waals surface area contributed by atoms with Crippen molar-refractivity contribution in [1.82, 2.24) is 5.32 Å². The number of aliphatic carboxylic acids is 5. The van der Waals surface area contributed by atoms with Crippen LogP contribution in [0.3, 0.4) is 0 Å². The van der Waals surface area contributed by atoms with Gasteiger partial charge >= 0.3 is 29.8 Å². The molecule has 0 bridgehead atoms. The van der Waals surface area contributed by atoms with Gasteiger partial charge < -0.3 is 95.1 Å². The lowest BCUT2D eigenvalue weighted by atomic mass is 9.97. The molecule has 4 aliphatic rings. The molecule has 25 nitrogen and oxygen atoms in total. The smallest absolute Gasteiger partial charge is 0.351 e. The largest absolute Gasteiger partial charge is 0.544 e. The van der Waals surface area contributed by atoms with Gasteiger partial charge in [-0.05, 0) is 30.7 Å². The van der Waals surface area contributed by atoms with Crippen LogP contribution in [0.2, 0.25) is 0 Å². The summed E-state index contributed by atoms with van der Waals surface area (Å²) in [6.45, 7) is -0.00722. The number of quaternary nitrogens is 1. The van der Waals surface area contributed by atoms with E-state index in [-0.39, 0.29) is 41.1 Å². The van der Waals surface area contributed by atoms with Crippen LogP contribution in [0, 0.1) is 0 Å². The summed E-state index contributed by atoms with van der Waals surface area (Å²) in [6, 6.07) is -0.353. The molecule has 1 aromatic carbocycles. The number of ether oxygens (including phenoxy) is 5. The molecular formula is C36H44N2O23. The van der Waals surface area contributed by atoms with E-state index in [0.717, 1.165) is 19.1 Å². The number of carboxylic acid groups (broad SMARTS) is 5. The summed E-state index contributed by atoms with van der Waals surface area (Å²) in [5.74, 6) is -9.89. The summed E-state index contributed by atoms with van der Waals surface area (Å²) in [6.07, 6.45) is -20.3. The number of carbonyl (C=O) groups is 6. The van der Waals surface area contributed by atoms with Gasteiger partial charge in [-0.1, -0.05) is 0 Å². The molecule has 4 aliphatic heterocycles. The van der Waals surface area contributed by atoms with Crippen molar-refractivity contribution in [2.75, 3.05) is 13.2 Å². The van der Waals surface area contributed by atoms with Crippen molar-refractivity contribution in [3.05, 3.63) is 41.1 Å². The zero-order valence-electron chi connectivity index (χ0n) is 31.8. The van der Waals surface area contributed by atoms with Gasteiger partial charge in [0.25, 0.3) is 0 Å². The molecule has 0 amide bonds. The third kappa shape index (κ3) is 10.7. The second-order valence-electron chi connectivity index (χ2n) is 15.1. The average Bonchev–Trinajstić information content (AvgIpc) is 3.52. The molecule has 5 rings (SSSR count). The summed E-state index contributed by atoms with van der Waals surface area (Å²) < 4.78 is 27.4. The number of aliphatic hydroxyl groups is 6. The van der Waals surface area contributed by atoms with Crippen LogP contribution in [-0.4, -0.2) is 184 Å². The van der Waals surface area contributed by atoms with Crippen LogP contribution < -0.4 is 20.1 Å². The highest BCUT2D eigenvalue weighted by Crippen LogP contribution is 2.38. The Morgan fingerprint density at radius 2 is 1.59 bits per heavy atom. The van der Waals surface area contributed by atoms with Gasteiger partial charge in [-0.3, -0.25) is 14.5 Å². The summed E-state index contributed by atoms with van der Waals surface area (Å²) in [5.41, 5.74) is -1.80. The minimum Gasteiger partial charge on any atom is -0.544 e. The maximum absolute atomic E-state index is 12.5. The topological polar surface area (TPSA) is 411 Å². The summed E-state index contributed by atoms with van der Waals surface area (Å²) >= 11 is 0. The number of hydrogen-bond donors (Lipinski definition) is 13. The molecule has 0 saturated carbocycles. The highest BCUT2D eigenvalue weighted by molar-refractivity contribution is 5.89. The number of benzene rings is 1. The van der Waals surface area contributed by atoms with Gasteiger partial charge in [0.2, 0.25) is 6.29 Å². The van der Waals surface area contributed by atoms with Crippen LogP contribution in [-0.2, 0) is 54.1 Å². The summed E-state index contributed by atoms with van der Waals surface area (Å²) in [7, 11) is 0. The molecule has 0 aliphatic carbocycles. The van der Waals surface area contributed by atoms with Crippen LogP contribution in [0.25, 0.3) is 0 Å². The number of rotatable bonds is 16. The van der Waals surface area contributed by atoms with Crippen molar-refractivity contribution >= 4 is 41.5 Å². The van der Waals surface area contributed by atoms with Crippen molar-refractivity contribution in [3.8, 4) is 11.5 Å². The van der Waals surface area contributed by atoms with Crippen molar-refractivity contribution in [3.63, 3.8) is 0 Å². The maximum atomic E-state index is 12.5. The van der Waals surface area contributed by atoms with E-state index in [0.29, 0.717) is 0 Å². The van der Waals surface area contributed by atoms with E-state index in [2.05, 4.69) is 5.32 Å². The molecule has 1 unspecified atom stereocenters. The highest BCUT2D eigenvalue weighted by atomic mass is 16.8. The Morgan fingerprint density at radius 1 is 0.902 bits per heavy atom. The third-order valence-electron chi connectivity index (χ3n) is 10.3. The normalized spacial score (nSPS) is 33.9. The Balaban J connectivity index is 1.43. The third-order valence-corrected chi connectivity index (χ3v) is 10.3. The van der Waals surface area contributed by atoms with Crippen LogP contribution in [0.5, 0.6) is 11.5 Å². The number of hydrogen-bond acceptors (Lipinski definition) is 20. The summed E-state index contributed by atoms with van der Waals surface area (Å²) in [5, 5.41) is 127. The van der Waals surface area contributed by atoms with Crippen LogP contribution >= 0.6 is 0 Å². The first-order chi connectivity index (χ1) is 28.5. The van der Waals surface area contributed by atoms with Crippen molar-refractivity contribution in [2.24, 2.45) is 0 Å². The number of carbonyl (C=O) groups excluding carboxylic acids is 2. The lowest BCUT2D eigenvalue weighted by Crippen LogP contribution is -3.11. The maximum Gasteiger partial charge on any atom is 0.351 e. The zero-order valence-corrected chi connectivity index (χ0v) is 31.8. The highest BCUT2D eigenvalue weighted by Gasteiger charge is 2.53. The molecule has 0 spiro atoms. The Hall–Kier alpha value is -5.48. The van der Waals surface area contributed by atoms with Crippen molar-refractivity contribution in [1.29, 1.82) is 0 Å². The summed E-state index contributed by atoms with van der Waals surface area (Å²) in [4.78, 5) is 71.0. The molecule has 0 aromatic heterocycles. The number of fused-ring (bicyclic) bond motifs is 1. The molecule has 2 saturated heterocycles.